The van der Waals surface area contributed by atoms with Gasteiger partial charge in [-0.3, -0.25) is 4.79 Å². The summed E-state index contributed by atoms with van der Waals surface area (Å²) in [5.74, 6) is -1.25. The molecule has 1 aromatic carbocycles. The van der Waals surface area contributed by atoms with Crippen LogP contribution in [-0.4, -0.2) is 24.2 Å². The number of hydrogen-bond donors (Lipinski definition) is 2. The first-order chi connectivity index (χ1) is 8.56. The Morgan fingerprint density at radius 2 is 2.11 bits per heavy atom. The monoisotopic (exact) mass is 259 g/mol. The van der Waals surface area contributed by atoms with E-state index in [0.29, 0.717) is 6.54 Å². The van der Waals surface area contributed by atoms with Crippen molar-refractivity contribution < 1.29 is 23.4 Å². The number of carboxylic acids is 1. The van der Waals surface area contributed by atoms with Gasteiger partial charge in [-0.25, -0.2) is 0 Å². The third-order valence-electron chi connectivity index (χ3n) is 2.29. The van der Waals surface area contributed by atoms with Crippen LogP contribution >= 0.6 is 0 Å². The van der Waals surface area contributed by atoms with E-state index in [0.717, 1.165) is 6.42 Å². The van der Waals surface area contributed by atoms with Crippen molar-refractivity contribution in [3.8, 4) is 5.75 Å². The molecule has 0 spiro atoms. The average Bonchev–Trinajstić information content (AvgIpc) is 2.30. The first kappa shape index (κ1) is 14.4. The van der Waals surface area contributed by atoms with E-state index < -0.39 is 18.6 Å². The zero-order chi connectivity index (χ0) is 13.5. The number of alkyl halides is 2. The predicted octanol–water partition coefficient (Wildman–Crippen LogP) is 2.41. The third kappa shape index (κ3) is 3.96. The van der Waals surface area contributed by atoms with Crippen LogP contribution in [0.25, 0.3) is 0 Å². The molecule has 1 aromatic rings. The summed E-state index contributed by atoms with van der Waals surface area (Å²) in [6.45, 7) is -0.625. The number of carboxylic acid groups (broad SMARTS) is 1. The molecular weight excluding hydrogens is 244 g/mol. The normalized spacial score (nSPS) is 12.4. The van der Waals surface area contributed by atoms with Crippen LogP contribution in [0.2, 0.25) is 0 Å². The molecular formula is C12H15F2NO3. The fourth-order valence-electron chi connectivity index (χ4n) is 1.54. The highest BCUT2D eigenvalue weighted by Crippen LogP contribution is 2.26. The van der Waals surface area contributed by atoms with Crippen molar-refractivity contribution in [3.05, 3.63) is 29.8 Å². The first-order valence-corrected chi connectivity index (χ1v) is 5.56. The minimum Gasteiger partial charge on any atom is -0.480 e. The Kier molecular flexibility index (Phi) is 5.51. The molecule has 2 N–H and O–H groups in total. The van der Waals surface area contributed by atoms with E-state index in [1.807, 2.05) is 6.92 Å². The van der Waals surface area contributed by atoms with Gasteiger partial charge in [0.15, 0.2) is 0 Å². The van der Waals surface area contributed by atoms with E-state index in [9.17, 15) is 13.6 Å². The summed E-state index contributed by atoms with van der Waals surface area (Å²) >= 11 is 0. The fourth-order valence-corrected chi connectivity index (χ4v) is 1.54. The second-order valence-electron chi connectivity index (χ2n) is 3.64. The SMILES string of the molecule is CCCNC(C(=O)O)c1ccccc1OC(F)F. The number of aliphatic carboxylic acids is 1. The molecule has 0 saturated carbocycles. The van der Waals surface area contributed by atoms with E-state index >= 15 is 0 Å². The summed E-state index contributed by atoms with van der Waals surface area (Å²) in [7, 11) is 0. The zero-order valence-corrected chi connectivity index (χ0v) is 9.90. The lowest BCUT2D eigenvalue weighted by Gasteiger charge is -2.17. The third-order valence-corrected chi connectivity index (χ3v) is 2.29. The molecule has 1 rings (SSSR count). The standard InChI is InChI=1S/C12H15F2NO3/c1-2-7-15-10(11(16)17)8-5-3-4-6-9(8)18-12(13)14/h3-6,10,12,15H,2,7H2,1H3,(H,16,17). The Balaban J connectivity index is 2.99. The Morgan fingerprint density at radius 3 is 2.67 bits per heavy atom. The minimum atomic E-state index is -2.98. The van der Waals surface area contributed by atoms with Gasteiger partial charge in [-0.15, -0.1) is 0 Å². The molecule has 18 heavy (non-hydrogen) atoms. The summed E-state index contributed by atoms with van der Waals surface area (Å²) in [6, 6.07) is 4.82. The average molecular weight is 259 g/mol. The maximum Gasteiger partial charge on any atom is 0.387 e. The van der Waals surface area contributed by atoms with Crippen LogP contribution in [0.3, 0.4) is 0 Å². The lowest BCUT2D eigenvalue weighted by molar-refractivity contribution is -0.139. The fraction of sp³-hybridized carbons (Fsp3) is 0.417. The highest BCUT2D eigenvalue weighted by atomic mass is 19.3. The summed E-state index contributed by atoms with van der Waals surface area (Å²) in [5, 5.41) is 11.9. The van der Waals surface area contributed by atoms with Gasteiger partial charge in [0.05, 0.1) is 0 Å². The molecule has 0 saturated heterocycles. The highest BCUT2D eigenvalue weighted by Gasteiger charge is 2.23. The van der Waals surface area contributed by atoms with Crippen LogP contribution in [0.15, 0.2) is 24.3 Å². The van der Waals surface area contributed by atoms with E-state index in [2.05, 4.69) is 10.1 Å². The molecule has 4 nitrogen and oxygen atoms in total. The first-order valence-electron chi connectivity index (χ1n) is 5.56. The smallest absolute Gasteiger partial charge is 0.387 e. The molecule has 6 heteroatoms. The van der Waals surface area contributed by atoms with Crippen molar-refractivity contribution in [2.24, 2.45) is 0 Å². The van der Waals surface area contributed by atoms with Crippen molar-refractivity contribution in [1.29, 1.82) is 0 Å². The molecule has 0 radical (unpaired) electrons. The Hall–Kier alpha value is -1.69. The maximum absolute atomic E-state index is 12.2. The molecule has 0 bridgehead atoms. The van der Waals surface area contributed by atoms with Crippen LogP contribution in [-0.2, 0) is 4.79 Å². The summed E-state index contributed by atoms with van der Waals surface area (Å²) in [6.07, 6.45) is 0.738. The van der Waals surface area contributed by atoms with Gasteiger partial charge in [-0.1, -0.05) is 25.1 Å². The Labute approximate surface area is 104 Å². The van der Waals surface area contributed by atoms with Crippen LogP contribution in [0.5, 0.6) is 5.75 Å². The number of halogens is 2. The van der Waals surface area contributed by atoms with Gasteiger partial charge in [-0.2, -0.15) is 8.78 Å². The van der Waals surface area contributed by atoms with Gasteiger partial charge in [0.25, 0.3) is 0 Å². The molecule has 0 aliphatic carbocycles. The van der Waals surface area contributed by atoms with Crippen LogP contribution in [0.1, 0.15) is 24.9 Å². The number of carbonyl (C=O) groups is 1. The van der Waals surface area contributed by atoms with Crippen molar-refractivity contribution in [2.75, 3.05) is 6.54 Å². The topological polar surface area (TPSA) is 58.6 Å². The number of hydrogen-bond acceptors (Lipinski definition) is 3. The molecule has 1 unspecified atom stereocenters. The van der Waals surface area contributed by atoms with E-state index in [4.69, 9.17) is 5.11 Å². The van der Waals surface area contributed by atoms with Gasteiger partial charge in [0.2, 0.25) is 0 Å². The molecule has 1 atom stereocenters. The molecule has 0 aliphatic rings. The zero-order valence-electron chi connectivity index (χ0n) is 9.90. The van der Waals surface area contributed by atoms with Gasteiger partial charge >= 0.3 is 12.6 Å². The summed E-state index contributed by atoms with van der Waals surface area (Å²) in [5.41, 5.74) is 0.193. The van der Waals surface area contributed by atoms with Crippen molar-refractivity contribution >= 4 is 5.97 Å². The number of ether oxygens (including phenoxy) is 1. The second-order valence-corrected chi connectivity index (χ2v) is 3.64. The molecule has 0 fully saturated rings. The Bertz CT molecular complexity index is 399. The van der Waals surface area contributed by atoms with Crippen LogP contribution in [0.4, 0.5) is 8.78 Å². The molecule has 0 aliphatic heterocycles. The highest BCUT2D eigenvalue weighted by molar-refractivity contribution is 5.76. The molecule has 0 aromatic heterocycles. The van der Waals surface area contributed by atoms with Gasteiger partial charge in [-0.05, 0) is 19.0 Å². The van der Waals surface area contributed by atoms with E-state index in [1.54, 1.807) is 6.07 Å². The predicted molar refractivity (Wildman–Crippen MR) is 61.7 cm³/mol. The van der Waals surface area contributed by atoms with Crippen LogP contribution < -0.4 is 10.1 Å². The Morgan fingerprint density at radius 1 is 1.44 bits per heavy atom. The number of para-hydroxylation sites is 1. The van der Waals surface area contributed by atoms with Crippen molar-refractivity contribution in [3.63, 3.8) is 0 Å². The van der Waals surface area contributed by atoms with Crippen LogP contribution in [0, 0.1) is 0 Å². The second kappa shape index (κ2) is 6.90. The number of nitrogens with one attached hydrogen (secondary N) is 1. The van der Waals surface area contributed by atoms with Crippen molar-refractivity contribution in [2.45, 2.75) is 26.0 Å². The number of benzene rings is 1. The largest absolute Gasteiger partial charge is 0.480 e. The minimum absolute atomic E-state index is 0.122. The van der Waals surface area contributed by atoms with Crippen molar-refractivity contribution in [1.82, 2.24) is 5.32 Å². The quantitative estimate of drug-likeness (QED) is 0.789. The summed E-state index contributed by atoms with van der Waals surface area (Å²) < 4.78 is 28.8. The maximum atomic E-state index is 12.2. The number of rotatable bonds is 7. The van der Waals surface area contributed by atoms with Gasteiger partial charge < -0.3 is 15.2 Å². The van der Waals surface area contributed by atoms with E-state index in [-0.39, 0.29) is 11.3 Å². The van der Waals surface area contributed by atoms with Gasteiger partial charge in [0, 0.05) is 5.56 Å². The molecule has 0 heterocycles. The van der Waals surface area contributed by atoms with E-state index in [1.165, 1.54) is 18.2 Å². The van der Waals surface area contributed by atoms with Gasteiger partial charge in [0.1, 0.15) is 11.8 Å². The molecule has 0 amide bonds. The lowest BCUT2D eigenvalue weighted by Crippen LogP contribution is -2.29. The summed E-state index contributed by atoms with van der Waals surface area (Å²) in [4.78, 5) is 11.1. The molecule has 100 valence electrons. The lowest BCUT2D eigenvalue weighted by atomic mass is 10.1.